The Hall–Kier alpha value is -3.14. The van der Waals surface area contributed by atoms with E-state index in [0.29, 0.717) is 53.1 Å². The summed E-state index contributed by atoms with van der Waals surface area (Å²) in [7, 11) is 1.46. The Morgan fingerprint density at radius 1 is 1.18 bits per heavy atom. The molecule has 0 bridgehead atoms. The molecule has 3 amide bonds. The van der Waals surface area contributed by atoms with Gasteiger partial charge in [0.15, 0.2) is 11.5 Å². The SMILES string of the molecule is COc1cc(CNC(=O)C2=CC3(CCN(C(=O)Nc4ccc(Cl)c(Cl)c4)CC3)ON2)ccc1O. The fraction of sp³-hybridized carbons (Fsp3) is 0.304. The number of piperidine rings is 1. The first-order valence-electron chi connectivity index (χ1n) is 10.6. The summed E-state index contributed by atoms with van der Waals surface area (Å²) in [6, 6.07) is 9.52. The van der Waals surface area contributed by atoms with E-state index in [1.54, 1.807) is 41.3 Å². The largest absolute Gasteiger partial charge is 0.504 e. The van der Waals surface area contributed by atoms with Crippen LogP contribution in [0.25, 0.3) is 0 Å². The number of phenols is 1. The molecular formula is C23H24Cl2N4O5. The summed E-state index contributed by atoms with van der Waals surface area (Å²) in [5.41, 5.74) is 3.71. The monoisotopic (exact) mass is 506 g/mol. The summed E-state index contributed by atoms with van der Waals surface area (Å²) in [5.74, 6) is 0.0518. The third-order valence-corrected chi connectivity index (χ3v) is 6.52. The van der Waals surface area contributed by atoms with E-state index < -0.39 is 5.60 Å². The number of phenolic OH excluding ortho intramolecular Hbond substituents is 1. The minimum Gasteiger partial charge on any atom is -0.504 e. The van der Waals surface area contributed by atoms with Gasteiger partial charge >= 0.3 is 6.03 Å². The van der Waals surface area contributed by atoms with Crippen molar-refractivity contribution in [1.82, 2.24) is 15.7 Å². The molecule has 0 radical (unpaired) electrons. The van der Waals surface area contributed by atoms with Crippen LogP contribution in [0.2, 0.25) is 10.0 Å². The number of aromatic hydroxyl groups is 1. The molecule has 11 heteroatoms. The van der Waals surface area contributed by atoms with E-state index in [1.807, 2.05) is 0 Å². The second-order valence-corrected chi connectivity index (χ2v) is 8.88. The average Bonchev–Trinajstić information content (AvgIpc) is 3.24. The van der Waals surface area contributed by atoms with Gasteiger partial charge in [0.1, 0.15) is 11.3 Å². The molecule has 0 saturated carbocycles. The molecule has 0 unspecified atom stereocenters. The molecule has 2 aromatic rings. The molecule has 0 aliphatic carbocycles. The van der Waals surface area contributed by atoms with Crippen LogP contribution in [0.3, 0.4) is 0 Å². The number of nitrogens with one attached hydrogen (secondary N) is 3. The molecule has 4 N–H and O–H groups in total. The lowest BCUT2D eigenvalue weighted by atomic mass is 9.91. The van der Waals surface area contributed by atoms with Gasteiger partial charge in [0.2, 0.25) is 0 Å². The van der Waals surface area contributed by atoms with Crippen LogP contribution in [0.1, 0.15) is 18.4 Å². The number of urea groups is 1. The fourth-order valence-corrected chi connectivity index (χ4v) is 4.11. The molecule has 0 atom stereocenters. The number of ether oxygens (including phenoxy) is 1. The number of rotatable bonds is 5. The smallest absolute Gasteiger partial charge is 0.321 e. The predicted octanol–water partition coefficient (Wildman–Crippen LogP) is 3.81. The van der Waals surface area contributed by atoms with E-state index in [9.17, 15) is 14.7 Å². The summed E-state index contributed by atoms with van der Waals surface area (Å²) in [6.07, 6.45) is 2.83. The summed E-state index contributed by atoms with van der Waals surface area (Å²) in [5, 5.41) is 16.1. The summed E-state index contributed by atoms with van der Waals surface area (Å²) < 4.78 is 5.09. The zero-order valence-electron chi connectivity index (χ0n) is 18.4. The molecule has 1 saturated heterocycles. The van der Waals surface area contributed by atoms with Crippen molar-refractivity contribution in [3.8, 4) is 11.5 Å². The first kappa shape index (κ1) is 24.0. The number of hydroxylamine groups is 1. The predicted molar refractivity (Wildman–Crippen MR) is 128 cm³/mol. The third kappa shape index (κ3) is 5.32. The summed E-state index contributed by atoms with van der Waals surface area (Å²) in [4.78, 5) is 32.6. The van der Waals surface area contributed by atoms with Gasteiger partial charge in [0, 0.05) is 38.2 Å². The van der Waals surface area contributed by atoms with Crippen molar-refractivity contribution in [2.24, 2.45) is 0 Å². The van der Waals surface area contributed by atoms with Crippen LogP contribution in [0, 0.1) is 0 Å². The highest BCUT2D eigenvalue weighted by Gasteiger charge is 2.41. The van der Waals surface area contributed by atoms with Crippen molar-refractivity contribution in [3.05, 3.63) is 63.8 Å². The Labute approximate surface area is 206 Å². The van der Waals surface area contributed by atoms with Gasteiger partial charge in [0.05, 0.1) is 17.2 Å². The Bertz CT molecular complexity index is 1130. The van der Waals surface area contributed by atoms with Crippen LogP contribution >= 0.6 is 23.2 Å². The number of methoxy groups -OCH3 is 1. The lowest BCUT2D eigenvalue weighted by Crippen LogP contribution is -2.48. The summed E-state index contributed by atoms with van der Waals surface area (Å²) in [6.45, 7) is 1.16. The van der Waals surface area contributed by atoms with Gasteiger partial charge < -0.3 is 25.4 Å². The number of nitrogens with zero attached hydrogens (tertiary/aromatic N) is 1. The highest BCUT2D eigenvalue weighted by atomic mass is 35.5. The van der Waals surface area contributed by atoms with Crippen molar-refractivity contribution in [3.63, 3.8) is 0 Å². The lowest BCUT2D eigenvalue weighted by molar-refractivity contribution is -0.120. The van der Waals surface area contributed by atoms with E-state index in [-0.39, 0.29) is 24.2 Å². The molecular weight excluding hydrogens is 483 g/mol. The van der Waals surface area contributed by atoms with E-state index in [0.717, 1.165) is 5.56 Å². The molecule has 4 rings (SSSR count). The summed E-state index contributed by atoms with van der Waals surface area (Å²) >= 11 is 11.9. The van der Waals surface area contributed by atoms with Crippen LogP contribution in [0.15, 0.2) is 48.2 Å². The third-order valence-electron chi connectivity index (χ3n) is 5.78. The van der Waals surface area contributed by atoms with Gasteiger partial charge in [-0.2, -0.15) is 0 Å². The van der Waals surface area contributed by atoms with Crippen LogP contribution in [-0.4, -0.2) is 47.7 Å². The molecule has 0 aromatic heterocycles. The van der Waals surface area contributed by atoms with Crippen molar-refractivity contribution in [2.75, 3.05) is 25.5 Å². The van der Waals surface area contributed by atoms with Crippen LogP contribution in [0.4, 0.5) is 10.5 Å². The number of hydrogen-bond donors (Lipinski definition) is 4. The molecule has 2 heterocycles. The molecule has 1 spiro atoms. The van der Waals surface area contributed by atoms with Crippen molar-refractivity contribution in [2.45, 2.75) is 25.0 Å². The molecule has 1 fully saturated rings. The quantitative estimate of drug-likeness (QED) is 0.490. The number of hydrogen-bond acceptors (Lipinski definition) is 6. The minimum absolute atomic E-state index is 0.0325. The van der Waals surface area contributed by atoms with Crippen molar-refractivity contribution < 1.29 is 24.3 Å². The second kappa shape index (κ2) is 10.0. The van der Waals surface area contributed by atoms with E-state index >= 15 is 0 Å². The Morgan fingerprint density at radius 2 is 1.94 bits per heavy atom. The molecule has 2 aliphatic heterocycles. The topological polar surface area (TPSA) is 112 Å². The van der Waals surface area contributed by atoms with E-state index in [2.05, 4.69) is 16.1 Å². The Kier molecular flexibility index (Phi) is 7.06. The van der Waals surface area contributed by atoms with E-state index in [1.165, 1.54) is 13.2 Å². The highest BCUT2D eigenvalue weighted by molar-refractivity contribution is 6.42. The number of anilines is 1. The molecule has 34 heavy (non-hydrogen) atoms. The number of carbonyl (C=O) groups is 2. The zero-order chi connectivity index (χ0) is 24.3. The van der Waals surface area contributed by atoms with Gasteiger partial charge in [0.25, 0.3) is 5.91 Å². The van der Waals surface area contributed by atoms with Crippen LogP contribution < -0.4 is 20.9 Å². The Balaban J connectivity index is 1.30. The maximum atomic E-state index is 12.6. The molecule has 180 valence electrons. The first-order chi connectivity index (χ1) is 16.3. The standard InChI is InChI=1S/C23H24Cl2N4O5/c1-33-20-10-14(2-5-19(20)30)13-26-21(31)18-12-23(34-28-18)6-8-29(9-7-23)22(32)27-15-3-4-16(24)17(25)11-15/h2-5,10-12,28,30H,6-9,13H2,1H3,(H,26,31)(H,27,32). The maximum absolute atomic E-state index is 12.6. The van der Waals surface area contributed by atoms with E-state index in [4.69, 9.17) is 32.8 Å². The second-order valence-electron chi connectivity index (χ2n) is 8.06. The molecule has 9 nitrogen and oxygen atoms in total. The molecule has 2 aliphatic rings. The van der Waals surface area contributed by atoms with Gasteiger partial charge in [-0.15, -0.1) is 0 Å². The van der Waals surface area contributed by atoms with Gasteiger partial charge in [-0.3, -0.25) is 15.1 Å². The lowest BCUT2D eigenvalue weighted by Gasteiger charge is -2.36. The number of benzene rings is 2. The van der Waals surface area contributed by atoms with Crippen molar-refractivity contribution in [1.29, 1.82) is 0 Å². The number of likely N-dealkylation sites (tertiary alicyclic amines) is 1. The molecule has 2 aromatic carbocycles. The maximum Gasteiger partial charge on any atom is 0.321 e. The average molecular weight is 507 g/mol. The number of halogens is 2. The highest BCUT2D eigenvalue weighted by Crippen LogP contribution is 2.32. The number of amides is 3. The van der Waals surface area contributed by atoms with Crippen molar-refractivity contribution >= 4 is 40.8 Å². The van der Waals surface area contributed by atoms with Crippen LogP contribution in [0.5, 0.6) is 11.5 Å². The fourth-order valence-electron chi connectivity index (χ4n) is 3.81. The van der Waals surface area contributed by atoms with Gasteiger partial charge in [-0.1, -0.05) is 29.3 Å². The minimum atomic E-state index is -0.658. The number of carbonyl (C=O) groups excluding carboxylic acids is 2. The van der Waals surface area contributed by atoms with Crippen LogP contribution in [-0.2, 0) is 16.2 Å². The normalized spacial score (nSPS) is 16.6. The zero-order valence-corrected chi connectivity index (χ0v) is 19.9. The van der Waals surface area contributed by atoms with Gasteiger partial charge in [-0.25, -0.2) is 4.79 Å². The first-order valence-corrected chi connectivity index (χ1v) is 11.4. The Morgan fingerprint density at radius 3 is 2.65 bits per heavy atom. The van der Waals surface area contributed by atoms with Gasteiger partial charge in [-0.05, 0) is 42.0 Å².